The minimum Gasteiger partial charge on any atom is -0.383 e. The van der Waals surface area contributed by atoms with Gasteiger partial charge in [0.15, 0.2) is 0 Å². The van der Waals surface area contributed by atoms with Crippen LogP contribution in [0.25, 0.3) is 0 Å². The molecule has 53 valence electrons. The summed E-state index contributed by atoms with van der Waals surface area (Å²) >= 11 is 0. The zero-order valence-electron chi connectivity index (χ0n) is 5.93. The summed E-state index contributed by atoms with van der Waals surface area (Å²) in [6.07, 6.45) is 6.66. The first-order valence-corrected chi connectivity index (χ1v) is 3.79. The largest absolute Gasteiger partial charge is 0.383 e. The third-order valence-electron chi connectivity index (χ3n) is 1.83. The number of nitrogens with one attached hydrogen (secondary N) is 1. The first-order chi connectivity index (χ1) is 4.97. The monoisotopic (exact) mass is 135 g/mol. The van der Waals surface area contributed by atoms with Gasteiger partial charge < -0.3 is 5.32 Å². The number of rotatable bonds is 0. The Morgan fingerprint density at radius 1 is 1.30 bits per heavy atom. The fourth-order valence-electron chi connectivity index (χ4n) is 1.34. The molecule has 2 heteroatoms. The van der Waals surface area contributed by atoms with Gasteiger partial charge in [0.2, 0.25) is 0 Å². The van der Waals surface area contributed by atoms with Crippen molar-refractivity contribution < 1.29 is 0 Å². The molecule has 0 saturated heterocycles. The molecule has 2 aliphatic heterocycles. The lowest BCUT2D eigenvalue weighted by Gasteiger charge is -2.21. The molecular weight excluding hydrogens is 124 g/mol. The Balaban J connectivity index is 2.25. The second-order valence-electron chi connectivity index (χ2n) is 2.59. The maximum atomic E-state index is 4.38. The summed E-state index contributed by atoms with van der Waals surface area (Å²) < 4.78 is 0. The van der Waals surface area contributed by atoms with Gasteiger partial charge in [-0.05, 0) is 12.8 Å². The van der Waals surface area contributed by atoms with Crippen LogP contribution >= 0.6 is 0 Å². The molecule has 0 spiro atoms. The van der Waals surface area contributed by atoms with Crippen LogP contribution in [0.5, 0.6) is 0 Å². The Bertz CT molecular complexity index is 169. The van der Waals surface area contributed by atoms with Gasteiger partial charge in [0.05, 0.1) is 11.4 Å². The van der Waals surface area contributed by atoms with E-state index in [-0.39, 0.29) is 0 Å². The molecule has 1 radical (unpaired) electrons. The number of hydrogen-bond acceptors (Lipinski definition) is 1. The highest BCUT2D eigenvalue weighted by Gasteiger charge is 2.12. The second-order valence-corrected chi connectivity index (χ2v) is 2.59. The summed E-state index contributed by atoms with van der Waals surface area (Å²) in [4.78, 5) is 0. The van der Waals surface area contributed by atoms with Gasteiger partial charge >= 0.3 is 0 Å². The Hall–Kier alpha value is -0.920. The molecule has 0 bridgehead atoms. The molecule has 0 aromatic rings. The normalized spacial score (nSPS) is 23.2. The summed E-state index contributed by atoms with van der Waals surface area (Å²) in [5.74, 6) is 0. The van der Waals surface area contributed by atoms with Crippen LogP contribution in [0.4, 0.5) is 0 Å². The van der Waals surface area contributed by atoms with E-state index in [1.165, 1.54) is 11.4 Å². The van der Waals surface area contributed by atoms with Crippen molar-refractivity contribution in [3.05, 3.63) is 23.5 Å². The fraction of sp³-hybridized carbons (Fsp3) is 0.500. The molecule has 0 fully saturated rings. The molecule has 0 aromatic heterocycles. The fourth-order valence-corrected chi connectivity index (χ4v) is 1.34. The van der Waals surface area contributed by atoms with Crippen molar-refractivity contribution in [1.29, 1.82) is 0 Å². The van der Waals surface area contributed by atoms with Crippen LogP contribution in [0.15, 0.2) is 23.5 Å². The van der Waals surface area contributed by atoms with Gasteiger partial charge in [-0.1, -0.05) is 12.2 Å². The van der Waals surface area contributed by atoms with Crippen LogP contribution in [0.2, 0.25) is 0 Å². The standard InChI is InChI=1S/C8H11N2/c1-3-7-8(9-5-1)4-2-6-10-7/h3-4,9H,1-2,5-6H2. The van der Waals surface area contributed by atoms with Crippen LogP contribution < -0.4 is 10.6 Å². The minimum absolute atomic E-state index is 0.969. The van der Waals surface area contributed by atoms with E-state index >= 15 is 0 Å². The molecule has 2 aliphatic rings. The maximum absolute atomic E-state index is 4.38. The van der Waals surface area contributed by atoms with E-state index < -0.39 is 0 Å². The van der Waals surface area contributed by atoms with Gasteiger partial charge in [0.25, 0.3) is 0 Å². The van der Waals surface area contributed by atoms with Crippen molar-refractivity contribution in [1.82, 2.24) is 10.6 Å². The van der Waals surface area contributed by atoms with Gasteiger partial charge in [-0.2, -0.15) is 0 Å². The van der Waals surface area contributed by atoms with Gasteiger partial charge in [0.1, 0.15) is 0 Å². The topological polar surface area (TPSA) is 26.1 Å². The summed E-state index contributed by atoms with van der Waals surface area (Å²) in [5.41, 5.74) is 2.43. The van der Waals surface area contributed by atoms with Crippen molar-refractivity contribution in [3.8, 4) is 0 Å². The third-order valence-corrected chi connectivity index (χ3v) is 1.83. The molecule has 0 atom stereocenters. The number of fused-ring (bicyclic) bond motifs is 1. The highest BCUT2D eigenvalue weighted by Crippen LogP contribution is 2.15. The van der Waals surface area contributed by atoms with Gasteiger partial charge in [-0.15, -0.1) is 0 Å². The summed E-state index contributed by atoms with van der Waals surface area (Å²) in [7, 11) is 0. The number of nitrogens with zero attached hydrogens (tertiary/aromatic N) is 1. The van der Waals surface area contributed by atoms with E-state index in [0.29, 0.717) is 0 Å². The van der Waals surface area contributed by atoms with Crippen molar-refractivity contribution >= 4 is 0 Å². The van der Waals surface area contributed by atoms with E-state index in [9.17, 15) is 0 Å². The molecule has 0 saturated carbocycles. The van der Waals surface area contributed by atoms with Crippen molar-refractivity contribution in [2.75, 3.05) is 13.1 Å². The molecule has 2 heterocycles. The summed E-state index contributed by atoms with van der Waals surface area (Å²) in [5, 5.41) is 7.70. The minimum atomic E-state index is 0.969. The molecule has 2 nitrogen and oxygen atoms in total. The van der Waals surface area contributed by atoms with Gasteiger partial charge in [-0.25, -0.2) is 0 Å². The van der Waals surface area contributed by atoms with Crippen LogP contribution in [0.3, 0.4) is 0 Å². The van der Waals surface area contributed by atoms with Gasteiger partial charge in [-0.3, -0.25) is 5.32 Å². The van der Waals surface area contributed by atoms with Crippen molar-refractivity contribution in [3.63, 3.8) is 0 Å². The molecule has 2 rings (SSSR count). The van der Waals surface area contributed by atoms with Crippen LogP contribution in [-0.2, 0) is 0 Å². The average molecular weight is 135 g/mol. The van der Waals surface area contributed by atoms with Crippen LogP contribution in [0, 0.1) is 0 Å². The predicted molar refractivity (Wildman–Crippen MR) is 40.4 cm³/mol. The highest BCUT2D eigenvalue weighted by atomic mass is 15.0. The molecule has 10 heavy (non-hydrogen) atoms. The lowest BCUT2D eigenvalue weighted by Crippen LogP contribution is -2.27. The maximum Gasteiger partial charge on any atom is 0.0763 e. The smallest absolute Gasteiger partial charge is 0.0763 e. The zero-order chi connectivity index (χ0) is 6.81. The van der Waals surface area contributed by atoms with E-state index in [1.807, 2.05) is 0 Å². The zero-order valence-corrected chi connectivity index (χ0v) is 5.93. The number of hydrogen-bond donors (Lipinski definition) is 1. The van der Waals surface area contributed by atoms with Gasteiger partial charge in [0, 0.05) is 13.1 Å². The van der Waals surface area contributed by atoms with E-state index in [0.717, 1.165) is 25.9 Å². The van der Waals surface area contributed by atoms with Crippen molar-refractivity contribution in [2.45, 2.75) is 12.8 Å². The van der Waals surface area contributed by atoms with Crippen LogP contribution in [-0.4, -0.2) is 13.1 Å². The highest BCUT2D eigenvalue weighted by molar-refractivity contribution is 5.32. The molecular formula is C8H11N2. The SMILES string of the molecule is C1=C2[N]CCC=C2NCC1. The average Bonchev–Trinajstić information content (AvgIpc) is 2.05. The molecule has 0 unspecified atom stereocenters. The van der Waals surface area contributed by atoms with Crippen molar-refractivity contribution in [2.24, 2.45) is 0 Å². The van der Waals surface area contributed by atoms with E-state index in [1.54, 1.807) is 0 Å². The first kappa shape index (κ1) is 5.83. The quantitative estimate of drug-likeness (QED) is 0.521. The Kier molecular flexibility index (Phi) is 1.38. The summed E-state index contributed by atoms with van der Waals surface area (Å²) in [6.45, 7) is 2.04. The van der Waals surface area contributed by atoms with E-state index in [2.05, 4.69) is 22.8 Å². The third kappa shape index (κ3) is 0.897. The molecule has 1 N–H and O–H groups in total. The Labute approximate surface area is 61.0 Å². The lowest BCUT2D eigenvalue weighted by atomic mass is 10.1. The Morgan fingerprint density at radius 3 is 3.20 bits per heavy atom. The predicted octanol–water partition coefficient (Wildman–Crippen LogP) is 0.756. The molecule has 0 aliphatic carbocycles. The van der Waals surface area contributed by atoms with E-state index in [4.69, 9.17) is 0 Å². The molecule has 0 aromatic carbocycles. The molecule has 0 amide bonds. The first-order valence-electron chi connectivity index (χ1n) is 3.79. The lowest BCUT2D eigenvalue weighted by molar-refractivity contribution is 0.668. The summed E-state index contributed by atoms with van der Waals surface area (Å²) in [6, 6.07) is 0. The second kappa shape index (κ2) is 2.37. The van der Waals surface area contributed by atoms with Crippen LogP contribution in [0.1, 0.15) is 12.8 Å². The Morgan fingerprint density at radius 2 is 2.30 bits per heavy atom.